The van der Waals surface area contributed by atoms with Gasteiger partial charge in [0.05, 0.1) is 6.04 Å². The van der Waals surface area contributed by atoms with Crippen molar-refractivity contribution in [3.63, 3.8) is 0 Å². The standard InChI is InChI=1S/C50H61N9O3/c51-40(17-37-27-54-47(56-37)49-19-30-10-31(20-49)12-32(11-30)21-49)44(60)58-42(16-36-26-52-41-9-5-4-8-39(36)41)46(62)59-43(45(61)53-25-29-6-2-1-3-7-29)18-38-28-55-48(57-38)50-22-33-13-34(23-50)15-35(14-33)24-50/h1-9,26-28,30-35,40,42-43,52H,10-25,51H2,(H,53,61)(H,54,56)(H,55,57)(H,58,60)(H,59,62)/t30?,31?,32?,33?,34?,35?,40-,42-,43-,49?,50?/m0/s1. The molecule has 0 radical (unpaired) electrons. The van der Waals surface area contributed by atoms with Gasteiger partial charge in [-0.3, -0.25) is 14.4 Å². The van der Waals surface area contributed by atoms with Gasteiger partial charge in [0.25, 0.3) is 0 Å². The lowest BCUT2D eigenvalue weighted by Crippen LogP contribution is -2.57. The van der Waals surface area contributed by atoms with Gasteiger partial charge in [-0.05, 0) is 130 Å². The second-order valence-corrected chi connectivity index (χ2v) is 20.8. The third-order valence-corrected chi connectivity index (χ3v) is 16.2. The van der Waals surface area contributed by atoms with E-state index in [1.807, 2.05) is 73.2 Å². The van der Waals surface area contributed by atoms with Crippen molar-refractivity contribution in [1.29, 1.82) is 0 Å². The van der Waals surface area contributed by atoms with Crippen LogP contribution in [0, 0.1) is 35.5 Å². The van der Waals surface area contributed by atoms with Gasteiger partial charge in [-0.1, -0.05) is 48.5 Å². The number of fused-ring (bicyclic) bond motifs is 1. The van der Waals surface area contributed by atoms with Crippen LogP contribution in [0.15, 0.2) is 73.2 Å². The van der Waals surface area contributed by atoms with Gasteiger partial charge in [-0.25, -0.2) is 9.97 Å². The van der Waals surface area contributed by atoms with E-state index in [9.17, 15) is 14.4 Å². The highest BCUT2D eigenvalue weighted by Gasteiger charge is 2.54. The highest BCUT2D eigenvalue weighted by atomic mass is 16.2. The molecule has 8 aliphatic carbocycles. The van der Waals surface area contributed by atoms with Crippen LogP contribution in [0.25, 0.3) is 10.9 Å². The zero-order chi connectivity index (χ0) is 42.0. The number of para-hydroxylation sites is 1. The fraction of sp³-hybridized carbons (Fsp3) is 0.540. The zero-order valence-corrected chi connectivity index (χ0v) is 35.6. The number of aromatic nitrogens is 5. The molecule has 8 N–H and O–H groups in total. The summed E-state index contributed by atoms with van der Waals surface area (Å²) in [6, 6.07) is 14.8. The summed E-state index contributed by atoms with van der Waals surface area (Å²) in [5.74, 6) is 5.57. The number of carbonyl (C=O) groups is 3. The molecular weight excluding hydrogens is 775 g/mol. The van der Waals surface area contributed by atoms with Crippen LogP contribution in [-0.2, 0) is 51.0 Å². The average molecular weight is 836 g/mol. The van der Waals surface area contributed by atoms with E-state index >= 15 is 0 Å². The lowest BCUT2D eigenvalue weighted by Gasteiger charge is -2.56. The third-order valence-electron chi connectivity index (χ3n) is 16.2. The Bertz CT molecular complexity index is 2380. The maximum Gasteiger partial charge on any atom is 0.243 e. The SMILES string of the molecule is N[C@@H](Cc1cnc(C23CC4CC(CC(C4)C2)C3)[nH]1)C(=O)N[C@@H](Cc1c[nH]c2ccccc12)C(=O)N[C@@H](Cc1cnc(C23CC4CC(CC(C4)C2)C3)[nH]1)C(=O)NCc1ccccc1. The summed E-state index contributed by atoms with van der Waals surface area (Å²) >= 11 is 0. The maximum absolute atomic E-state index is 14.6. The number of rotatable bonds is 15. The maximum atomic E-state index is 14.6. The third kappa shape index (κ3) is 7.66. The minimum atomic E-state index is -1.01. The first-order chi connectivity index (χ1) is 30.1. The highest BCUT2D eigenvalue weighted by molar-refractivity contribution is 5.94. The zero-order valence-electron chi connectivity index (χ0n) is 35.6. The lowest BCUT2D eigenvalue weighted by atomic mass is 9.49. The fourth-order valence-electron chi connectivity index (χ4n) is 14.2. The van der Waals surface area contributed by atoms with Crippen LogP contribution in [0.2, 0.25) is 0 Å². The predicted molar refractivity (Wildman–Crippen MR) is 236 cm³/mol. The van der Waals surface area contributed by atoms with E-state index < -0.39 is 29.9 Å². The molecule has 8 bridgehead atoms. The lowest BCUT2D eigenvalue weighted by molar-refractivity contribution is -0.132. The normalized spacial score (nSPS) is 30.6. The van der Waals surface area contributed by atoms with Crippen molar-refractivity contribution in [3.8, 4) is 0 Å². The number of nitrogens with zero attached hydrogens (tertiary/aromatic N) is 2. The molecule has 0 aliphatic heterocycles. The van der Waals surface area contributed by atoms with Crippen LogP contribution in [-0.4, -0.2) is 60.8 Å². The molecule has 12 nitrogen and oxygen atoms in total. The topological polar surface area (TPSA) is 186 Å². The quantitative estimate of drug-likeness (QED) is 0.0659. The van der Waals surface area contributed by atoms with Gasteiger partial charge in [0.2, 0.25) is 17.7 Å². The number of hydrogen-bond donors (Lipinski definition) is 7. The van der Waals surface area contributed by atoms with Crippen molar-refractivity contribution < 1.29 is 14.4 Å². The Morgan fingerprint density at radius 2 is 1.13 bits per heavy atom. The monoisotopic (exact) mass is 835 g/mol. The molecule has 13 rings (SSSR count). The Kier molecular flexibility index (Phi) is 10.1. The minimum absolute atomic E-state index is 0.0708. The number of benzene rings is 2. The molecule has 8 aliphatic rings. The molecule has 3 heterocycles. The molecule has 324 valence electrons. The number of nitrogens with two attached hydrogens (primary N) is 1. The summed E-state index contributed by atoms with van der Waals surface area (Å²) < 4.78 is 0. The van der Waals surface area contributed by atoms with Crippen molar-refractivity contribution >= 4 is 28.6 Å². The molecule has 2 aromatic carbocycles. The Hall–Kier alpha value is -5.23. The molecule has 62 heavy (non-hydrogen) atoms. The van der Waals surface area contributed by atoms with Gasteiger partial charge >= 0.3 is 0 Å². The number of imidazole rings is 2. The van der Waals surface area contributed by atoms with Crippen LogP contribution in [0.1, 0.15) is 111 Å². The Morgan fingerprint density at radius 3 is 1.71 bits per heavy atom. The summed E-state index contributed by atoms with van der Waals surface area (Å²) in [6.07, 6.45) is 21.5. The number of nitrogens with one attached hydrogen (secondary N) is 6. The molecule has 12 heteroatoms. The molecule has 0 saturated heterocycles. The number of H-pyrrole nitrogens is 3. The van der Waals surface area contributed by atoms with Gasteiger partial charge in [0.1, 0.15) is 23.7 Å². The summed E-state index contributed by atoms with van der Waals surface area (Å²) in [6.45, 7) is 0.316. The summed E-state index contributed by atoms with van der Waals surface area (Å²) in [7, 11) is 0. The van der Waals surface area contributed by atoms with Crippen molar-refractivity contribution in [2.24, 2.45) is 41.2 Å². The molecule has 5 aromatic rings. The number of carbonyl (C=O) groups excluding carboxylic acids is 3. The van der Waals surface area contributed by atoms with Crippen LogP contribution < -0.4 is 21.7 Å². The Morgan fingerprint density at radius 1 is 0.629 bits per heavy atom. The van der Waals surface area contributed by atoms with Gasteiger partial charge in [0.15, 0.2) is 0 Å². The average Bonchev–Trinajstić information content (AvgIpc) is 4.03. The van der Waals surface area contributed by atoms with E-state index in [0.29, 0.717) is 6.54 Å². The van der Waals surface area contributed by atoms with Crippen molar-refractivity contribution in [3.05, 3.63) is 107 Å². The first-order valence-electron chi connectivity index (χ1n) is 23.5. The molecule has 0 spiro atoms. The van der Waals surface area contributed by atoms with Gasteiger partial charge in [-0.15, -0.1) is 0 Å². The molecule has 0 unspecified atom stereocenters. The van der Waals surface area contributed by atoms with Crippen molar-refractivity contribution in [2.75, 3.05) is 0 Å². The minimum Gasteiger partial charge on any atom is -0.361 e. The first-order valence-corrected chi connectivity index (χ1v) is 23.5. The van der Waals surface area contributed by atoms with Gasteiger partial charge in [0, 0.05) is 77.5 Å². The number of amides is 3. The Balaban J connectivity index is 0.822. The van der Waals surface area contributed by atoms with E-state index in [-0.39, 0.29) is 36.0 Å². The molecule has 8 fully saturated rings. The van der Waals surface area contributed by atoms with E-state index in [4.69, 9.17) is 15.7 Å². The molecule has 3 amide bonds. The van der Waals surface area contributed by atoms with Crippen LogP contribution in [0.3, 0.4) is 0 Å². The van der Waals surface area contributed by atoms with E-state index in [1.165, 1.54) is 77.0 Å². The molecule has 3 atom stereocenters. The fourth-order valence-corrected chi connectivity index (χ4v) is 14.2. The van der Waals surface area contributed by atoms with Gasteiger partial charge < -0.3 is 36.6 Å². The second kappa shape index (κ2) is 15.8. The smallest absolute Gasteiger partial charge is 0.243 e. The summed E-state index contributed by atoms with van der Waals surface area (Å²) in [4.78, 5) is 63.3. The van der Waals surface area contributed by atoms with E-state index in [1.54, 1.807) is 0 Å². The molecular formula is C50H61N9O3. The van der Waals surface area contributed by atoms with Gasteiger partial charge in [-0.2, -0.15) is 0 Å². The highest BCUT2D eigenvalue weighted by Crippen LogP contribution is 2.61. The summed E-state index contributed by atoms with van der Waals surface area (Å²) in [5, 5.41) is 10.1. The summed E-state index contributed by atoms with van der Waals surface area (Å²) in [5.41, 5.74) is 11.3. The predicted octanol–water partition coefficient (Wildman–Crippen LogP) is 6.19. The van der Waals surface area contributed by atoms with Crippen LogP contribution in [0.5, 0.6) is 0 Å². The first kappa shape index (κ1) is 39.6. The van der Waals surface area contributed by atoms with E-state index in [0.717, 1.165) is 80.6 Å². The second-order valence-electron chi connectivity index (χ2n) is 20.8. The van der Waals surface area contributed by atoms with E-state index in [2.05, 4.69) is 30.9 Å². The van der Waals surface area contributed by atoms with Crippen LogP contribution in [0.4, 0.5) is 0 Å². The van der Waals surface area contributed by atoms with Crippen LogP contribution >= 0.6 is 0 Å². The molecule has 8 saturated carbocycles. The molecule has 3 aromatic heterocycles. The van der Waals surface area contributed by atoms with Crippen molar-refractivity contribution in [1.82, 2.24) is 40.9 Å². The number of hydrogen-bond acceptors (Lipinski definition) is 6. The van der Waals surface area contributed by atoms with Crippen molar-refractivity contribution in [2.45, 2.75) is 132 Å². The number of aromatic amines is 3. The Labute approximate surface area is 363 Å². The largest absolute Gasteiger partial charge is 0.361 e.